The Morgan fingerprint density at radius 3 is 2.14 bits per heavy atom. The second kappa shape index (κ2) is 7.43. The van der Waals surface area contributed by atoms with Crippen molar-refractivity contribution in [1.29, 1.82) is 0 Å². The average molecular weight is 299 g/mol. The van der Waals surface area contributed by atoms with E-state index in [1.54, 1.807) is 12.1 Å². The molecule has 0 fully saturated rings. The Morgan fingerprint density at radius 2 is 1.50 bits per heavy atom. The summed E-state index contributed by atoms with van der Waals surface area (Å²) in [5, 5.41) is 12.8. The van der Waals surface area contributed by atoms with Gasteiger partial charge < -0.3 is 15.2 Å². The summed E-state index contributed by atoms with van der Waals surface area (Å²) in [6.07, 6.45) is 0. The molecule has 0 saturated heterocycles. The number of nitrogens with one attached hydrogen (secondary N) is 1. The van der Waals surface area contributed by atoms with Crippen LogP contribution in [-0.2, 0) is 24.4 Å². The molecular formula is C19H25NO2. The first-order chi connectivity index (χ1) is 10.4. The summed E-state index contributed by atoms with van der Waals surface area (Å²) < 4.78 is 5.81. The molecule has 2 aromatic rings. The van der Waals surface area contributed by atoms with E-state index in [0.29, 0.717) is 12.4 Å². The number of phenolic OH excluding ortho intramolecular Hbond substituents is 1. The quantitative estimate of drug-likeness (QED) is 0.847. The first-order valence-electron chi connectivity index (χ1n) is 7.63. The largest absolute Gasteiger partial charge is 0.508 e. The minimum Gasteiger partial charge on any atom is -0.508 e. The molecule has 0 bridgehead atoms. The molecule has 0 aliphatic rings. The van der Waals surface area contributed by atoms with Crippen LogP contribution in [0.15, 0.2) is 48.5 Å². The van der Waals surface area contributed by atoms with Crippen molar-refractivity contribution in [2.45, 2.75) is 46.1 Å². The smallest absolute Gasteiger partial charge is 0.115 e. The molecule has 0 spiro atoms. The second-order valence-corrected chi connectivity index (χ2v) is 6.49. The zero-order chi connectivity index (χ0) is 16.0. The molecule has 0 radical (unpaired) electrons. The van der Waals surface area contributed by atoms with Crippen molar-refractivity contribution in [3.8, 4) is 5.75 Å². The predicted octanol–water partition coefficient (Wildman–Crippen LogP) is 4.00. The number of rotatable bonds is 6. The van der Waals surface area contributed by atoms with Gasteiger partial charge in [-0.15, -0.1) is 0 Å². The number of hydrogen-bond donors (Lipinski definition) is 2. The number of benzene rings is 2. The van der Waals surface area contributed by atoms with Crippen molar-refractivity contribution < 1.29 is 9.84 Å². The molecule has 0 unspecified atom stereocenters. The van der Waals surface area contributed by atoms with Crippen molar-refractivity contribution in [2.24, 2.45) is 0 Å². The summed E-state index contributed by atoms with van der Waals surface area (Å²) in [7, 11) is 0. The standard InChI is InChI=1S/C19H25NO2/c1-19(2,3)22-14-17-8-4-6-15(10-17)12-20-13-16-7-5-9-18(21)11-16/h4-11,20-21H,12-14H2,1-3H3. The maximum atomic E-state index is 9.45. The third kappa shape index (κ3) is 5.88. The van der Waals surface area contributed by atoms with Gasteiger partial charge in [-0.3, -0.25) is 0 Å². The van der Waals surface area contributed by atoms with E-state index in [-0.39, 0.29) is 5.60 Å². The summed E-state index contributed by atoms with van der Waals surface area (Å²) >= 11 is 0. The third-order valence-corrected chi connectivity index (χ3v) is 3.23. The van der Waals surface area contributed by atoms with Crippen LogP contribution in [-0.4, -0.2) is 10.7 Å². The van der Waals surface area contributed by atoms with Crippen LogP contribution in [0, 0.1) is 0 Å². The maximum Gasteiger partial charge on any atom is 0.115 e. The van der Waals surface area contributed by atoms with E-state index < -0.39 is 0 Å². The highest BCUT2D eigenvalue weighted by Gasteiger charge is 2.10. The topological polar surface area (TPSA) is 41.5 Å². The van der Waals surface area contributed by atoms with Crippen LogP contribution >= 0.6 is 0 Å². The molecule has 0 heterocycles. The Morgan fingerprint density at radius 1 is 0.909 bits per heavy atom. The van der Waals surface area contributed by atoms with Gasteiger partial charge in [-0.25, -0.2) is 0 Å². The lowest BCUT2D eigenvalue weighted by atomic mass is 10.1. The molecule has 3 heteroatoms. The molecule has 0 saturated carbocycles. The Kier molecular flexibility index (Phi) is 5.58. The molecule has 0 amide bonds. The lowest BCUT2D eigenvalue weighted by Gasteiger charge is -2.19. The zero-order valence-corrected chi connectivity index (χ0v) is 13.6. The molecule has 0 aliphatic carbocycles. The highest BCUT2D eigenvalue weighted by Crippen LogP contribution is 2.14. The van der Waals surface area contributed by atoms with Gasteiger partial charge in [0.1, 0.15) is 5.75 Å². The normalized spacial score (nSPS) is 11.6. The maximum absolute atomic E-state index is 9.45. The van der Waals surface area contributed by atoms with E-state index in [9.17, 15) is 5.11 Å². The first-order valence-corrected chi connectivity index (χ1v) is 7.63. The van der Waals surface area contributed by atoms with Gasteiger partial charge in [-0.1, -0.05) is 36.4 Å². The van der Waals surface area contributed by atoms with E-state index >= 15 is 0 Å². The second-order valence-electron chi connectivity index (χ2n) is 6.49. The van der Waals surface area contributed by atoms with E-state index in [2.05, 4.69) is 50.4 Å². The third-order valence-electron chi connectivity index (χ3n) is 3.23. The first kappa shape index (κ1) is 16.5. The van der Waals surface area contributed by atoms with Crippen molar-refractivity contribution in [1.82, 2.24) is 5.32 Å². The summed E-state index contributed by atoms with van der Waals surface area (Å²) in [5.74, 6) is 0.306. The Hall–Kier alpha value is -1.84. The monoisotopic (exact) mass is 299 g/mol. The molecule has 2 rings (SSSR count). The summed E-state index contributed by atoms with van der Waals surface area (Å²) in [6.45, 7) is 8.34. The predicted molar refractivity (Wildman–Crippen MR) is 89.6 cm³/mol. The van der Waals surface area contributed by atoms with Crippen LogP contribution in [0.1, 0.15) is 37.5 Å². The molecule has 0 aromatic heterocycles. The van der Waals surface area contributed by atoms with Crippen molar-refractivity contribution >= 4 is 0 Å². The fraction of sp³-hybridized carbons (Fsp3) is 0.368. The lowest BCUT2D eigenvalue weighted by Crippen LogP contribution is -2.18. The van der Waals surface area contributed by atoms with Crippen LogP contribution in [0.3, 0.4) is 0 Å². The fourth-order valence-electron chi connectivity index (χ4n) is 2.15. The van der Waals surface area contributed by atoms with Crippen LogP contribution in [0.25, 0.3) is 0 Å². The van der Waals surface area contributed by atoms with Crippen molar-refractivity contribution in [3.05, 3.63) is 65.2 Å². The molecular weight excluding hydrogens is 274 g/mol. The van der Waals surface area contributed by atoms with Gasteiger partial charge in [0.15, 0.2) is 0 Å². The van der Waals surface area contributed by atoms with Crippen LogP contribution < -0.4 is 5.32 Å². The van der Waals surface area contributed by atoms with E-state index in [1.165, 1.54) is 11.1 Å². The Labute approximate surface area is 133 Å². The summed E-state index contributed by atoms with van der Waals surface area (Å²) in [5.41, 5.74) is 3.37. The minimum absolute atomic E-state index is 0.121. The fourth-order valence-corrected chi connectivity index (χ4v) is 2.15. The molecule has 0 atom stereocenters. The number of phenols is 1. The van der Waals surface area contributed by atoms with Gasteiger partial charge in [-0.05, 0) is 49.6 Å². The van der Waals surface area contributed by atoms with Gasteiger partial charge in [0, 0.05) is 13.1 Å². The van der Waals surface area contributed by atoms with Crippen LogP contribution in [0.5, 0.6) is 5.75 Å². The highest BCUT2D eigenvalue weighted by atomic mass is 16.5. The molecule has 0 aliphatic heterocycles. The van der Waals surface area contributed by atoms with Crippen molar-refractivity contribution in [2.75, 3.05) is 0 Å². The number of aromatic hydroxyl groups is 1. The lowest BCUT2D eigenvalue weighted by molar-refractivity contribution is -0.0149. The summed E-state index contributed by atoms with van der Waals surface area (Å²) in [4.78, 5) is 0. The zero-order valence-electron chi connectivity index (χ0n) is 13.6. The molecule has 2 N–H and O–H groups in total. The molecule has 3 nitrogen and oxygen atoms in total. The van der Waals surface area contributed by atoms with Gasteiger partial charge in [0.2, 0.25) is 0 Å². The van der Waals surface area contributed by atoms with Gasteiger partial charge >= 0.3 is 0 Å². The van der Waals surface area contributed by atoms with E-state index in [0.717, 1.165) is 18.7 Å². The van der Waals surface area contributed by atoms with Crippen LogP contribution in [0.2, 0.25) is 0 Å². The average Bonchev–Trinajstić information content (AvgIpc) is 2.45. The van der Waals surface area contributed by atoms with E-state index in [4.69, 9.17) is 4.74 Å². The van der Waals surface area contributed by atoms with Crippen LogP contribution in [0.4, 0.5) is 0 Å². The van der Waals surface area contributed by atoms with Gasteiger partial charge in [0.25, 0.3) is 0 Å². The van der Waals surface area contributed by atoms with Crippen molar-refractivity contribution in [3.63, 3.8) is 0 Å². The van der Waals surface area contributed by atoms with Gasteiger partial charge in [-0.2, -0.15) is 0 Å². The Bertz CT molecular complexity index is 602. The molecule has 118 valence electrons. The highest BCUT2D eigenvalue weighted by molar-refractivity contribution is 5.27. The van der Waals surface area contributed by atoms with Gasteiger partial charge in [0.05, 0.1) is 12.2 Å². The molecule has 2 aromatic carbocycles. The molecule has 22 heavy (non-hydrogen) atoms. The SMILES string of the molecule is CC(C)(C)OCc1cccc(CNCc2cccc(O)c2)c1. The summed E-state index contributed by atoms with van der Waals surface area (Å²) in [6, 6.07) is 15.7. The minimum atomic E-state index is -0.121. The Balaban J connectivity index is 1.85. The number of hydrogen-bond acceptors (Lipinski definition) is 3. The van der Waals surface area contributed by atoms with E-state index in [1.807, 2.05) is 12.1 Å². The number of ether oxygens (including phenoxy) is 1.